The molecule has 0 saturated carbocycles. The fourth-order valence-corrected chi connectivity index (χ4v) is 5.82. The largest absolute Gasteiger partial charge is 0.462 e. The highest BCUT2D eigenvalue weighted by atomic mass is 16.5. The molecule has 0 unspecified atom stereocenters. The van der Waals surface area contributed by atoms with Crippen LogP contribution in [0.25, 0.3) is 44.1 Å². The van der Waals surface area contributed by atoms with E-state index in [0.717, 1.165) is 33.2 Å². The zero-order valence-corrected chi connectivity index (χ0v) is 25.6. The first-order valence-corrected chi connectivity index (χ1v) is 14.8. The van der Waals surface area contributed by atoms with Crippen LogP contribution in [0.1, 0.15) is 90.8 Å². The second-order valence-electron chi connectivity index (χ2n) is 11.4. The van der Waals surface area contributed by atoms with Crippen molar-refractivity contribution in [2.24, 2.45) is 0 Å². The van der Waals surface area contributed by atoms with Crippen molar-refractivity contribution in [2.75, 3.05) is 13.2 Å². The highest BCUT2D eigenvalue weighted by Gasteiger charge is 2.31. The number of fused-ring (bicyclic) bond motifs is 2. The Bertz CT molecular complexity index is 1760. The molecular weight excluding hydrogens is 522 g/mol. The van der Waals surface area contributed by atoms with Gasteiger partial charge in [-0.05, 0) is 89.4 Å². The first kappa shape index (κ1) is 29.1. The van der Waals surface area contributed by atoms with Crippen LogP contribution < -0.4 is 0 Å². The van der Waals surface area contributed by atoms with E-state index in [1.165, 1.54) is 16.3 Å². The summed E-state index contributed by atoms with van der Waals surface area (Å²) in [5, 5.41) is 3.43. The fraction of sp³-hybridized carbons (Fsp3) is 0.297. The lowest BCUT2D eigenvalue weighted by atomic mass is 9.82. The summed E-state index contributed by atoms with van der Waals surface area (Å²) in [5.41, 5.74) is 8.13. The number of H-pyrrole nitrogens is 1. The van der Waals surface area contributed by atoms with Gasteiger partial charge >= 0.3 is 11.9 Å². The van der Waals surface area contributed by atoms with Crippen molar-refractivity contribution in [3.05, 3.63) is 94.5 Å². The summed E-state index contributed by atoms with van der Waals surface area (Å²) in [6.07, 6.45) is 0. The zero-order chi connectivity index (χ0) is 30.1. The van der Waals surface area contributed by atoms with Gasteiger partial charge in [0.25, 0.3) is 0 Å². The Kier molecular flexibility index (Phi) is 8.22. The molecule has 0 spiro atoms. The zero-order valence-electron chi connectivity index (χ0n) is 25.6. The van der Waals surface area contributed by atoms with Crippen LogP contribution in [0.4, 0.5) is 0 Å². The lowest BCUT2D eigenvalue weighted by Gasteiger charge is -2.23. The first-order valence-electron chi connectivity index (χ1n) is 14.8. The van der Waals surface area contributed by atoms with E-state index >= 15 is 0 Å². The number of nitrogens with one attached hydrogen (secondary N) is 1. The van der Waals surface area contributed by atoms with Gasteiger partial charge in [-0.15, -0.1) is 0 Å². The monoisotopic (exact) mass is 561 g/mol. The quantitative estimate of drug-likeness (QED) is 0.192. The third-order valence-electron chi connectivity index (χ3n) is 7.92. The Morgan fingerprint density at radius 1 is 0.714 bits per heavy atom. The number of aromatic nitrogens is 1. The molecule has 0 saturated heterocycles. The number of hydrogen-bond acceptors (Lipinski definition) is 4. The minimum absolute atomic E-state index is 0.0319. The van der Waals surface area contributed by atoms with Crippen LogP contribution in [0.3, 0.4) is 0 Å². The van der Waals surface area contributed by atoms with Gasteiger partial charge < -0.3 is 14.5 Å². The van der Waals surface area contributed by atoms with Crippen molar-refractivity contribution in [1.29, 1.82) is 0 Å². The van der Waals surface area contributed by atoms with Crippen LogP contribution in [0.15, 0.2) is 66.7 Å². The molecule has 0 fully saturated rings. The summed E-state index contributed by atoms with van der Waals surface area (Å²) in [6.45, 7) is 14.4. The van der Waals surface area contributed by atoms with Crippen molar-refractivity contribution < 1.29 is 19.1 Å². The minimum Gasteiger partial charge on any atom is -0.462 e. The average Bonchev–Trinajstić information content (AvgIpc) is 3.39. The van der Waals surface area contributed by atoms with Gasteiger partial charge in [0.05, 0.1) is 24.3 Å². The molecule has 4 aromatic carbocycles. The Morgan fingerprint density at radius 2 is 1.31 bits per heavy atom. The van der Waals surface area contributed by atoms with Crippen molar-refractivity contribution in [2.45, 2.75) is 60.3 Å². The Balaban J connectivity index is 1.76. The van der Waals surface area contributed by atoms with Crippen molar-refractivity contribution in [3.63, 3.8) is 0 Å². The van der Waals surface area contributed by atoms with Crippen molar-refractivity contribution in [1.82, 2.24) is 4.98 Å². The van der Waals surface area contributed by atoms with Gasteiger partial charge in [-0.25, -0.2) is 9.59 Å². The molecule has 5 nitrogen and oxygen atoms in total. The molecule has 5 heteroatoms. The molecule has 1 N–H and O–H groups in total. The van der Waals surface area contributed by atoms with Crippen LogP contribution in [0.5, 0.6) is 0 Å². The number of esters is 2. The third-order valence-corrected chi connectivity index (χ3v) is 7.92. The SMILES string of the molecule is CCOC(=O)c1c(C(C)C)cc(C(C)C)c(C(=O)OCC)c1-c1cc2ccc(-c3ccc4c(C)cccc4c3)cc2[nH]1. The average molecular weight is 562 g/mol. The molecule has 42 heavy (non-hydrogen) atoms. The molecule has 0 bridgehead atoms. The van der Waals surface area contributed by atoms with E-state index in [9.17, 15) is 9.59 Å². The number of ether oxygens (including phenoxy) is 2. The predicted octanol–water partition coefficient (Wildman–Crippen LogP) is 9.56. The molecule has 1 heterocycles. The lowest BCUT2D eigenvalue weighted by molar-refractivity contribution is 0.0524. The smallest absolute Gasteiger partial charge is 0.339 e. The van der Waals surface area contributed by atoms with Gasteiger partial charge in [-0.3, -0.25) is 0 Å². The number of carbonyl (C=O) groups excluding carboxylic acids is 2. The second kappa shape index (κ2) is 11.8. The Morgan fingerprint density at radius 3 is 1.90 bits per heavy atom. The number of hydrogen-bond donors (Lipinski definition) is 1. The van der Waals surface area contributed by atoms with E-state index < -0.39 is 11.9 Å². The first-order chi connectivity index (χ1) is 20.1. The molecule has 0 radical (unpaired) electrons. The summed E-state index contributed by atoms with van der Waals surface area (Å²) < 4.78 is 11.1. The maximum Gasteiger partial charge on any atom is 0.339 e. The molecule has 1 aromatic heterocycles. The van der Waals surface area contributed by atoms with Gasteiger partial charge in [-0.1, -0.05) is 76.2 Å². The van der Waals surface area contributed by atoms with Gasteiger partial charge in [0.15, 0.2) is 0 Å². The molecule has 0 aliphatic carbocycles. The molecule has 0 atom stereocenters. The highest BCUT2D eigenvalue weighted by molar-refractivity contribution is 6.09. The highest BCUT2D eigenvalue weighted by Crippen LogP contribution is 2.40. The number of aromatic amines is 1. The fourth-order valence-electron chi connectivity index (χ4n) is 5.82. The third kappa shape index (κ3) is 5.32. The maximum atomic E-state index is 13.6. The van der Waals surface area contributed by atoms with E-state index in [-0.39, 0.29) is 25.0 Å². The number of carbonyl (C=O) groups is 2. The summed E-state index contributed by atoms with van der Waals surface area (Å²) >= 11 is 0. The van der Waals surface area contributed by atoms with Crippen molar-refractivity contribution >= 4 is 33.6 Å². The number of rotatable bonds is 8. The van der Waals surface area contributed by atoms with E-state index in [1.807, 2.05) is 12.1 Å². The van der Waals surface area contributed by atoms with Crippen LogP contribution in [-0.2, 0) is 9.47 Å². The topological polar surface area (TPSA) is 68.4 Å². The molecule has 0 amide bonds. The standard InChI is InChI=1S/C37H39NO4/c1-8-41-36(39)33-29(21(3)4)20-30(22(5)6)34(37(40)42-9-2)35(33)32-19-27-14-13-25(18-31(27)38-32)24-15-16-28-23(7)11-10-12-26(28)17-24/h10-22,38H,8-9H2,1-7H3. The Hall–Kier alpha value is -4.38. The Labute approximate surface area is 247 Å². The summed E-state index contributed by atoms with van der Waals surface area (Å²) in [5.74, 6) is -0.820. The van der Waals surface area contributed by atoms with Crippen LogP contribution >= 0.6 is 0 Å². The molecular formula is C37H39NO4. The summed E-state index contributed by atoms with van der Waals surface area (Å²) in [6, 6.07) is 23.2. The van der Waals surface area contributed by atoms with Crippen molar-refractivity contribution in [3.8, 4) is 22.4 Å². The second-order valence-corrected chi connectivity index (χ2v) is 11.4. The molecule has 216 valence electrons. The molecule has 0 aliphatic heterocycles. The maximum absolute atomic E-state index is 13.6. The van der Waals surface area contributed by atoms with Gasteiger partial charge in [0, 0.05) is 22.2 Å². The minimum atomic E-state index is -0.442. The van der Waals surface area contributed by atoms with Gasteiger partial charge in [-0.2, -0.15) is 0 Å². The van der Waals surface area contributed by atoms with E-state index in [0.29, 0.717) is 22.4 Å². The number of benzene rings is 4. The normalized spacial score (nSPS) is 11.5. The van der Waals surface area contributed by atoms with Gasteiger partial charge in [0.2, 0.25) is 0 Å². The number of aryl methyl sites for hydroxylation is 1. The van der Waals surface area contributed by atoms with Crippen LogP contribution in [0, 0.1) is 6.92 Å². The summed E-state index contributed by atoms with van der Waals surface area (Å²) in [7, 11) is 0. The van der Waals surface area contributed by atoms with E-state index in [4.69, 9.17) is 9.47 Å². The summed E-state index contributed by atoms with van der Waals surface area (Å²) in [4.78, 5) is 30.7. The molecule has 5 aromatic rings. The van der Waals surface area contributed by atoms with Crippen LogP contribution in [0.2, 0.25) is 0 Å². The molecule has 5 rings (SSSR count). The molecule has 0 aliphatic rings. The van der Waals surface area contributed by atoms with E-state index in [2.05, 4.69) is 94.2 Å². The predicted molar refractivity (Wildman–Crippen MR) is 172 cm³/mol. The van der Waals surface area contributed by atoms with Crippen LogP contribution in [-0.4, -0.2) is 30.1 Å². The lowest BCUT2D eigenvalue weighted by Crippen LogP contribution is -2.19. The van der Waals surface area contributed by atoms with E-state index in [1.54, 1.807) is 13.8 Å². The van der Waals surface area contributed by atoms with Gasteiger partial charge in [0.1, 0.15) is 0 Å².